The van der Waals surface area contributed by atoms with E-state index in [1.54, 1.807) is 18.2 Å². The molecule has 2 aliphatic heterocycles. The zero-order chi connectivity index (χ0) is 29.5. The Morgan fingerprint density at radius 1 is 0.700 bits per heavy atom. The number of carbonyl (C=O) groups is 6. The van der Waals surface area contributed by atoms with E-state index in [4.69, 9.17) is 28.4 Å². The number of benzene rings is 1. The van der Waals surface area contributed by atoms with Crippen molar-refractivity contribution in [3.05, 3.63) is 47.3 Å². The minimum absolute atomic E-state index is 0.119. The molecule has 0 N–H and O–H groups in total. The van der Waals surface area contributed by atoms with Crippen LogP contribution in [0.15, 0.2) is 30.3 Å². The molecule has 1 aromatic carbocycles. The highest BCUT2D eigenvalue weighted by molar-refractivity contribution is 6.08. The molecule has 0 amide bonds. The molecule has 2 aromatic rings. The van der Waals surface area contributed by atoms with Gasteiger partial charge in [0.2, 0.25) is 0 Å². The molecule has 3 heterocycles. The number of hydrogen-bond donors (Lipinski definition) is 0. The maximum Gasteiger partial charge on any atom is 0.355 e. The number of para-hydroxylation sites is 2. The molecular weight excluding hydrogens is 532 g/mol. The third-order valence-electron chi connectivity index (χ3n) is 7.23. The van der Waals surface area contributed by atoms with Crippen LogP contribution < -0.4 is 4.90 Å². The normalized spacial score (nSPS) is 22.1. The summed E-state index contributed by atoms with van der Waals surface area (Å²) in [6.07, 6.45) is 0. The number of carbonyl (C=O) groups excluding carboxylic acids is 6. The van der Waals surface area contributed by atoms with E-state index in [0.717, 1.165) is 48.7 Å². The Kier molecular flexibility index (Phi) is 7.28. The molecule has 14 heteroatoms. The van der Waals surface area contributed by atoms with Crippen molar-refractivity contribution >= 4 is 41.5 Å². The van der Waals surface area contributed by atoms with Crippen LogP contribution in [0.1, 0.15) is 26.5 Å². The first kappa shape index (κ1) is 28.1. The molecule has 4 atom stereocenters. The third-order valence-corrected chi connectivity index (χ3v) is 7.23. The molecular formula is C26H26N2O12. The second kappa shape index (κ2) is 10.4. The standard InChI is InChI=1S/C26H26N2O12/c1-35-20(29)12-11-15-26(25(34)40-6)17(22(31)37-3)16(21(30)36-2)19(24(33)39-5)28(26)14-10-8-7-9-13(14)27(15)18(12)23(32)38-4/h7-11,16-17,19H,1-6H3/t16-,17+,19+,26+/m1/s1. The number of methoxy groups -OCH3 is 6. The molecule has 2 aliphatic rings. The predicted molar refractivity (Wildman–Crippen MR) is 131 cm³/mol. The number of ether oxygens (including phenoxy) is 6. The van der Waals surface area contributed by atoms with Crippen LogP contribution in [0.5, 0.6) is 0 Å². The van der Waals surface area contributed by atoms with Crippen LogP contribution in [0.2, 0.25) is 0 Å². The molecule has 0 unspecified atom stereocenters. The van der Waals surface area contributed by atoms with Gasteiger partial charge in [-0.05, 0) is 18.2 Å². The fourth-order valence-corrected chi connectivity index (χ4v) is 5.76. The van der Waals surface area contributed by atoms with Gasteiger partial charge in [0, 0.05) is 0 Å². The molecule has 212 valence electrons. The molecule has 1 aromatic heterocycles. The number of hydrogen-bond acceptors (Lipinski definition) is 13. The lowest BCUT2D eigenvalue weighted by atomic mass is 9.75. The first-order valence-electron chi connectivity index (χ1n) is 11.8. The van der Waals surface area contributed by atoms with E-state index in [1.165, 1.54) is 15.5 Å². The van der Waals surface area contributed by atoms with Crippen LogP contribution in [-0.4, -0.2) is 89.1 Å². The van der Waals surface area contributed by atoms with E-state index < -0.39 is 59.2 Å². The Morgan fingerprint density at radius 2 is 1.27 bits per heavy atom. The molecule has 0 radical (unpaired) electrons. The van der Waals surface area contributed by atoms with Gasteiger partial charge >= 0.3 is 35.8 Å². The highest BCUT2D eigenvalue weighted by atomic mass is 16.6. The van der Waals surface area contributed by atoms with Gasteiger partial charge < -0.3 is 37.9 Å². The lowest BCUT2D eigenvalue weighted by Gasteiger charge is -2.45. The van der Waals surface area contributed by atoms with Gasteiger partial charge in [-0.2, -0.15) is 0 Å². The van der Waals surface area contributed by atoms with Crippen molar-refractivity contribution in [2.24, 2.45) is 11.8 Å². The molecule has 14 nitrogen and oxygen atoms in total. The fourth-order valence-electron chi connectivity index (χ4n) is 5.76. The maximum atomic E-state index is 14.1. The van der Waals surface area contributed by atoms with Crippen LogP contribution in [0.3, 0.4) is 0 Å². The van der Waals surface area contributed by atoms with Crippen LogP contribution in [-0.2, 0) is 53.1 Å². The summed E-state index contributed by atoms with van der Waals surface area (Å²) in [5.41, 5.74) is -2.86. The highest BCUT2D eigenvalue weighted by Gasteiger charge is 2.74. The lowest BCUT2D eigenvalue weighted by Crippen LogP contribution is -2.60. The van der Waals surface area contributed by atoms with Crippen molar-refractivity contribution in [3.63, 3.8) is 0 Å². The third kappa shape index (κ3) is 3.55. The summed E-state index contributed by atoms with van der Waals surface area (Å²) in [4.78, 5) is 81.6. The molecule has 1 fully saturated rings. The van der Waals surface area contributed by atoms with Gasteiger partial charge in [-0.3, -0.25) is 9.59 Å². The quantitative estimate of drug-likeness (QED) is 0.353. The average Bonchev–Trinajstić information content (AvgIpc) is 3.54. The number of rotatable bonds is 6. The lowest BCUT2D eigenvalue weighted by molar-refractivity contribution is -0.165. The molecule has 0 bridgehead atoms. The predicted octanol–water partition coefficient (Wildman–Crippen LogP) is 0.372. The monoisotopic (exact) mass is 558 g/mol. The smallest absolute Gasteiger partial charge is 0.355 e. The number of anilines is 1. The Bertz CT molecular complexity index is 1430. The minimum atomic E-state index is -2.36. The topological polar surface area (TPSA) is 166 Å². The van der Waals surface area contributed by atoms with Crippen molar-refractivity contribution < 1.29 is 57.2 Å². The van der Waals surface area contributed by atoms with E-state index in [0.29, 0.717) is 0 Å². The van der Waals surface area contributed by atoms with Gasteiger partial charge in [0.05, 0.1) is 65.3 Å². The number of nitrogens with zero attached hydrogens (tertiary/aromatic N) is 2. The summed E-state index contributed by atoms with van der Waals surface area (Å²) in [7, 11) is 6.38. The minimum Gasteiger partial charge on any atom is -0.469 e. The van der Waals surface area contributed by atoms with Gasteiger partial charge in [0.1, 0.15) is 23.6 Å². The molecule has 0 saturated carbocycles. The van der Waals surface area contributed by atoms with Gasteiger partial charge in [-0.15, -0.1) is 0 Å². The highest BCUT2D eigenvalue weighted by Crippen LogP contribution is 2.58. The van der Waals surface area contributed by atoms with Crippen molar-refractivity contribution in [2.75, 3.05) is 47.6 Å². The summed E-state index contributed by atoms with van der Waals surface area (Å²) >= 11 is 0. The van der Waals surface area contributed by atoms with Gasteiger partial charge in [-0.1, -0.05) is 12.1 Å². The first-order chi connectivity index (χ1) is 19.1. The summed E-state index contributed by atoms with van der Waals surface area (Å²) in [5, 5.41) is 0. The van der Waals surface area contributed by atoms with Gasteiger partial charge in [0.25, 0.3) is 0 Å². The molecule has 40 heavy (non-hydrogen) atoms. The SMILES string of the molecule is COC(=O)c1cc2n(c1C(=O)OC)-c1ccccc1N1[C@H](C(=O)OC)[C@H](C(=O)OC)[C@@H](C(=O)OC)[C@]21C(=O)OC. The summed E-state index contributed by atoms with van der Waals surface area (Å²) in [5.74, 6) is -9.59. The van der Waals surface area contributed by atoms with E-state index in [1.807, 2.05) is 0 Å². The van der Waals surface area contributed by atoms with Crippen molar-refractivity contribution in [1.29, 1.82) is 0 Å². The molecule has 4 rings (SSSR count). The van der Waals surface area contributed by atoms with Crippen molar-refractivity contribution in [1.82, 2.24) is 4.57 Å². The summed E-state index contributed by atoms with van der Waals surface area (Å²) in [6.45, 7) is 0. The fraction of sp³-hybridized carbons (Fsp3) is 0.385. The zero-order valence-electron chi connectivity index (χ0n) is 22.4. The summed E-state index contributed by atoms with van der Waals surface area (Å²) < 4.78 is 31.3. The van der Waals surface area contributed by atoms with Crippen LogP contribution in [0, 0.1) is 11.8 Å². The zero-order valence-corrected chi connectivity index (χ0v) is 22.4. The van der Waals surface area contributed by atoms with E-state index in [2.05, 4.69) is 0 Å². The maximum absolute atomic E-state index is 14.1. The van der Waals surface area contributed by atoms with E-state index in [9.17, 15) is 28.8 Å². The van der Waals surface area contributed by atoms with Gasteiger partial charge in [0.15, 0.2) is 5.54 Å². The Labute approximate surface area is 227 Å². The summed E-state index contributed by atoms with van der Waals surface area (Å²) in [6, 6.07) is 5.75. The molecule has 0 aliphatic carbocycles. The average molecular weight is 558 g/mol. The van der Waals surface area contributed by atoms with Crippen molar-refractivity contribution in [3.8, 4) is 5.69 Å². The second-order valence-corrected chi connectivity index (χ2v) is 8.74. The van der Waals surface area contributed by atoms with Crippen LogP contribution in [0.25, 0.3) is 5.69 Å². The van der Waals surface area contributed by atoms with Crippen LogP contribution in [0.4, 0.5) is 5.69 Å². The van der Waals surface area contributed by atoms with Crippen molar-refractivity contribution in [2.45, 2.75) is 11.6 Å². The van der Waals surface area contributed by atoms with Crippen LogP contribution >= 0.6 is 0 Å². The van der Waals surface area contributed by atoms with E-state index >= 15 is 0 Å². The number of aromatic nitrogens is 1. The number of fused-ring (bicyclic) bond motifs is 6. The Balaban J connectivity index is 2.31. The molecule has 1 saturated heterocycles. The first-order valence-corrected chi connectivity index (χ1v) is 11.8. The Morgan fingerprint density at radius 3 is 1.80 bits per heavy atom. The Hall–Kier alpha value is -4.88. The second-order valence-electron chi connectivity index (χ2n) is 8.74. The largest absolute Gasteiger partial charge is 0.469 e. The molecule has 0 spiro atoms. The number of esters is 6. The van der Waals surface area contributed by atoms with E-state index in [-0.39, 0.29) is 28.3 Å². The van der Waals surface area contributed by atoms with Gasteiger partial charge in [-0.25, -0.2) is 19.2 Å².